The number of aryl methyl sites for hydroxylation is 1. The Morgan fingerprint density at radius 1 is 1.16 bits per heavy atom. The van der Waals surface area contributed by atoms with Crippen LogP contribution >= 0.6 is 0 Å². The molecule has 19 heavy (non-hydrogen) atoms. The smallest absolute Gasteiger partial charge is 0.199 e. The van der Waals surface area contributed by atoms with Gasteiger partial charge in [0.25, 0.3) is 0 Å². The van der Waals surface area contributed by atoms with Gasteiger partial charge in [-0.15, -0.1) is 0 Å². The summed E-state index contributed by atoms with van der Waals surface area (Å²) in [4.78, 5) is 12.3. The highest BCUT2D eigenvalue weighted by Crippen LogP contribution is 2.24. The molecule has 0 aromatic heterocycles. The van der Waals surface area contributed by atoms with E-state index >= 15 is 0 Å². The zero-order chi connectivity index (χ0) is 14.0. The van der Waals surface area contributed by atoms with Crippen LogP contribution in [0.25, 0.3) is 0 Å². The number of rotatable bonds is 3. The summed E-state index contributed by atoms with van der Waals surface area (Å²) in [5, 5.41) is 0. The van der Waals surface area contributed by atoms with Gasteiger partial charge in [-0.1, -0.05) is 11.6 Å². The molecule has 3 nitrogen and oxygen atoms in total. The van der Waals surface area contributed by atoms with Gasteiger partial charge in [0.15, 0.2) is 5.78 Å². The first-order valence-corrected chi connectivity index (χ1v) is 5.77. The first-order valence-electron chi connectivity index (χ1n) is 5.77. The Hall–Kier alpha value is -2.36. The molecule has 0 aliphatic rings. The lowest BCUT2D eigenvalue weighted by molar-refractivity contribution is 0.103. The second-order valence-corrected chi connectivity index (χ2v) is 4.27. The molecule has 0 aliphatic heterocycles. The molecule has 0 fully saturated rings. The Labute approximate surface area is 110 Å². The molecule has 0 amide bonds. The monoisotopic (exact) mass is 259 g/mol. The van der Waals surface area contributed by atoms with Gasteiger partial charge in [-0.2, -0.15) is 0 Å². The maximum atomic E-state index is 13.8. The molecule has 0 bridgehead atoms. The van der Waals surface area contributed by atoms with E-state index in [4.69, 9.17) is 10.5 Å². The number of methoxy groups -OCH3 is 1. The summed E-state index contributed by atoms with van der Waals surface area (Å²) in [7, 11) is 1.47. The number of ketones is 1. The van der Waals surface area contributed by atoms with E-state index in [0.717, 1.165) is 11.6 Å². The molecule has 0 heterocycles. The molecule has 2 aromatic carbocycles. The molecular formula is C15H14FNO2. The van der Waals surface area contributed by atoms with Crippen molar-refractivity contribution in [2.24, 2.45) is 0 Å². The second-order valence-electron chi connectivity index (χ2n) is 4.27. The van der Waals surface area contributed by atoms with E-state index in [2.05, 4.69) is 0 Å². The fraction of sp³-hybridized carbons (Fsp3) is 0.133. The van der Waals surface area contributed by atoms with Gasteiger partial charge in [0.05, 0.1) is 18.2 Å². The number of anilines is 1. The largest absolute Gasteiger partial charge is 0.496 e. The summed E-state index contributed by atoms with van der Waals surface area (Å²) in [6.07, 6.45) is 0. The maximum absolute atomic E-state index is 13.8. The van der Waals surface area contributed by atoms with Gasteiger partial charge < -0.3 is 10.5 Å². The van der Waals surface area contributed by atoms with Crippen molar-refractivity contribution in [3.63, 3.8) is 0 Å². The minimum atomic E-state index is -0.631. The van der Waals surface area contributed by atoms with E-state index in [1.165, 1.54) is 19.2 Å². The van der Waals surface area contributed by atoms with Crippen LogP contribution in [-0.4, -0.2) is 12.9 Å². The summed E-state index contributed by atoms with van der Waals surface area (Å²) >= 11 is 0. The van der Waals surface area contributed by atoms with Gasteiger partial charge >= 0.3 is 0 Å². The summed E-state index contributed by atoms with van der Waals surface area (Å²) in [5.41, 5.74) is 6.98. The van der Waals surface area contributed by atoms with Crippen LogP contribution in [0.4, 0.5) is 10.1 Å². The molecule has 0 unspecified atom stereocenters. The number of carbonyl (C=O) groups excluding carboxylic acids is 1. The number of nitrogens with two attached hydrogens (primary N) is 1. The van der Waals surface area contributed by atoms with Gasteiger partial charge in [-0.3, -0.25) is 4.79 Å². The van der Waals surface area contributed by atoms with E-state index in [-0.39, 0.29) is 11.3 Å². The van der Waals surface area contributed by atoms with Crippen LogP contribution in [0.15, 0.2) is 36.4 Å². The third-order valence-corrected chi connectivity index (χ3v) is 2.84. The molecule has 2 rings (SSSR count). The van der Waals surface area contributed by atoms with E-state index < -0.39 is 11.6 Å². The van der Waals surface area contributed by atoms with Crippen LogP contribution in [0, 0.1) is 12.7 Å². The summed E-state index contributed by atoms with van der Waals surface area (Å²) in [5.74, 6) is -0.626. The number of halogens is 1. The van der Waals surface area contributed by atoms with Crippen LogP contribution in [0.5, 0.6) is 5.75 Å². The molecule has 0 saturated heterocycles. The molecule has 2 N–H and O–H groups in total. The van der Waals surface area contributed by atoms with Crippen LogP contribution in [0.1, 0.15) is 21.5 Å². The van der Waals surface area contributed by atoms with Crippen LogP contribution in [0.3, 0.4) is 0 Å². The standard InChI is InChI=1S/C15H14FNO2/c1-9-3-6-14(19-2)12(7-9)15(18)11-5-4-10(17)8-13(11)16/h3-8H,17H2,1-2H3. The number of nitrogen functional groups attached to an aromatic ring is 1. The van der Waals surface area contributed by atoms with Gasteiger partial charge in [-0.05, 0) is 37.3 Å². The van der Waals surface area contributed by atoms with Gasteiger partial charge in [0.2, 0.25) is 0 Å². The predicted octanol–water partition coefficient (Wildman–Crippen LogP) is 2.96. The Morgan fingerprint density at radius 2 is 1.89 bits per heavy atom. The van der Waals surface area contributed by atoms with Crippen molar-refractivity contribution in [3.8, 4) is 5.75 Å². The fourth-order valence-electron chi connectivity index (χ4n) is 1.86. The van der Waals surface area contributed by atoms with Crippen LogP contribution < -0.4 is 10.5 Å². The van der Waals surface area contributed by atoms with Crippen LogP contribution in [-0.2, 0) is 0 Å². The normalized spacial score (nSPS) is 10.3. The van der Waals surface area contributed by atoms with E-state index in [0.29, 0.717) is 11.3 Å². The molecule has 0 saturated carbocycles. The Kier molecular flexibility index (Phi) is 3.51. The van der Waals surface area contributed by atoms with Crippen molar-refractivity contribution in [2.45, 2.75) is 6.92 Å². The highest BCUT2D eigenvalue weighted by Gasteiger charge is 2.18. The average Bonchev–Trinajstić information content (AvgIpc) is 2.38. The SMILES string of the molecule is COc1ccc(C)cc1C(=O)c1ccc(N)cc1F. The van der Waals surface area contributed by atoms with Crippen molar-refractivity contribution in [1.82, 2.24) is 0 Å². The van der Waals surface area contributed by atoms with E-state index in [9.17, 15) is 9.18 Å². The maximum Gasteiger partial charge on any atom is 0.199 e. The summed E-state index contributed by atoms with van der Waals surface area (Å²) in [6, 6.07) is 9.21. The molecule has 2 aromatic rings. The van der Waals surface area contributed by atoms with Crippen molar-refractivity contribution in [2.75, 3.05) is 12.8 Å². The quantitative estimate of drug-likeness (QED) is 0.681. The molecule has 0 radical (unpaired) electrons. The third-order valence-electron chi connectivity index (χ3n) is 2.84. The lowest BCUT2D eigenvalue weighted by Crippen LogP contribution is -2.07. The number of hydrogen-bond acceptors (Lipinski definition) is 3. The third kappa shape index (κ3) is 2.57. The number of benzene rings is 2. The van der Waals surface area contributed by atoms with Gasteiger partial charge in [-0.25, -0.2) is 4.39 Å². The minimum Gasteiger partial charge on any atom is -0.496 e. The first kappa shape index (κ1) is 13.1. The highest BCUT2D eigenvalue weighted by molar-refractivity contribution is 6.11. The average molecular weight is 259 g/mol. The molecule has 0 spiro atoms. The zero-order valence-electron chi connectivity index (χ0n) is 10.7. The molecule has 0 aliphatic carbocycles. The molecule has 0 atom stereocenters. The van der Waals surface area contributed by atoms with Crippen molar-refractivity contribution in [1.29, 1.82) is 0 Å². The van der Waals surface area contributed by atoms with Crippen molar-refractivity contribution >= 4 is 11.5 Å². The Bertz CT molecular complexity index is 638. The van der Waals surface area contributed by atoms with Crippen molar-refractivity contribution < 1.29 is 13.9 Å². The Balaban J connectivity index is 2.52. The van der Waals surface area contributed by atoms with Crippen LogP contribution in [0.2, 0.25) is 0 Å². The van der Waals surface area contributed by atoms with Gasteiger partial charge in [0.1, 0.15) is 11.6 Å². The number of carbonyl (C=O) groups is 1. The minimum absolute atomic E-state index is 0.0156. The highest BCUT2D eigenvalue weighted by atomic mass is 19.1. The number of ether oxygens (including phenoxy) is 1. The zero-order valence-corrected chi connectivity index (χ0v) is 10.7. The molecule has 98 valence electrons. The van der Waals surface area contributed by atoms with E-state index in [1.54, 1.807) is 12.1 Å². The molecular weight excluding hydrogens is 245 g/mol. The summed E-state index contributed by atoms with van der Waals surface area (Å²) in [6.45, 7) is 1.86. The van der Waals surface area contributed by atoms with Gasteiger partial charge in [0, 0.05) is 5.69 Å². The van der Waals surface area contributed by atoms with Crippen molar-refractivity contribution in [3.05, 3.63) is 58.9 Å². The number of hydrogen-bond donors (Lipinski definition) is 1. The van der Waals surface area contributed by atoms with E-state index in [1.807, 2.05) is 13.0 Å². The molecule has 4 heteroatoms. The first-order chi connectivity index (χ1) is 9.02. The predicted molar refractivity (Wildman–Crippen MR) is 72.0 cm³/mol. The Morgan fingerprint density at radius 3 is 2.53 bits per heavy atom. The lowest BCUT2D eigenvalue weighted by Gasteiger charge is -2.09. The summed E-state index contributed by atoms with van der Waals surface area (Å²) < 4.78 is 18.9. The topological polar surface area (TPSA) is 52.3 Å². The fourth-order valence-corrected chi connectivity index (χ4v) is 1.86. The lowest BCUT2D eigenvalue weighted by atomic mass is 10.00. The second kappa shape index (κ2) is 5.10.